The quantitative estimate of drug-likeness (QED) is 0.662. The highest BCUT2D eigenvalue weighted by Gasteiger charge is 2.24. The molecule has 108 valence electrons. The Bertz CT molecular complexity index is 353. The van der Waals surface area contributed by atoms with Crippen LogP contribution in [-0.2, 0) is 14.4 Å². The monoisotopic (exact) mass is 271 g/mol. The summed E-state index contributed by atoms with van der Waals surface area (Å²) in [4.78, 5) is 37.1. The van der Waals surface area contributed by atoms with Gasteiger partial charge in [-0.15, -0.1) is 0 Å². The van der Waals surface area contributed by atoms with Gasteiger partial charge in [-0.25, -0.2) is 0 Å². The second-order valence-corrected chi connectivity index (χ2v) is 4.82. The van der Waals surface area contributed by atoms with Crippen molar-refractivity contribution in [3.63, 3.8) is 0 Å². The van der Waals surface area contributed by atoms with Crippen LogP contribution >= 0.6 is 0 Å². The molecule has 1 unspecified atom stereocenters. The van der Waals surface area contributed by atoms with Crippen LogP contribution < -0.4 is 5.73 Å². The number of carboxylic acids is 1. The molecule has 1 fully saturated rings. The number of likely N-dealkylation sites (N-methyl/N-ethyl adjacent to an activating group) is 1. The van der Waals surface area contributed by atoms with E-state index in [0.717, 1.165) is 25.9 Å². The van der Waals surface area contributed by atoms with Crippen molar-refractivity contribution >= 4 is 17.8 Å². The predicted molar refractivity (Wildman–Crippen MR) is 68.3 cm³/mol. The fourth-order valence-corrected chi connectivity index (χ4v) is 2.03. The van der Waals surface area contributed by atoms with Gasteiger partial charge in [-0.1, -0.05) is 0 Å². The van der Waals surface area contributed by atoms with Gasteiger partial charge >= 0.3 is 5.97 Å². The summed E-state index contributed by atoms with van der Waals surface area (Å²) in [6.45, 7) is 1.48. The zero-order valence-electron chi connectivity index (χ0n) is 11.2. The first kappa shape index (κ1) is 15.4. The lowest BCUT2D eigenvalue weighted by Gasteiger charge is -2.23. The molecule has 19 heavy (non-hydrogen) atoms. The van der Waals surface area contributed by atoms with Gasteiger partial charge in [0, 0.05) is 26.6 Å². The Kier molecular flexibility index (Phi) is 5.75. The minimum Gasteiger partial charge on any atom is -0.481 e. The Morgan fingerprint density at radius 3 is 2.42 bits per heavy atom. The number of likely N-dealkylation sites (tertiary alicyclic amines) is 1. The van der Waals surface area contributed by atoms with Gasteiger partial charge in [0.25, 0.3) is 0 Å². The van der Waals surface area contributed by atoms with Gasteiger partial charge in [-0.3, -0.25) is 14.4 Å². The van der Waals surface area contributed by atoms with E-state index in [9.17, 15) is 14.4 Å². The van der Waals surface area contributed by atoms with Crippen molar-refractivity contribution in [2.24, 2.45) is 5.73 Å². The fraction of sp³-hybridized carbons (Fsp3) is 0.750. The smallest absolute Gasteiger partial charge is 0.303 e. The molecule has 1 heterocycles. The van der Waals surface area contributed by atoms with Crippen LogP contribution in [0.3, 0.4) is 0 Å². The van der Waals surface area contributed by atoms with E-state index in [4.69, 9.17) is 10.8 Å². The summed E-state index contributed by atoms with van der Waals surface area (Å²) in [6.07, 6.45) is 1.93. The molecule has 1 atom stereocenters. The highest BCUT2D eigenvalue weighted by molar-refractivity contribution is 5.87. The topological polar surface area (TPSA) is 104 Å². The van der Waals surface area contributed by atoms with Crippen LogP contribution in [0.25, 0.3) is 0 Å². The Labute approximate surface area is 112 Å². The number of nitrogens with two attached hydrogens (primary N) is 1. The molecule has 2 amide bonds. The van der Waals surface area contributed by atoms with Crippen molar-refractivity contribution < 1.29 is 19.5 Å². The Hall–Kier alpha value is -1.63. The van der Waals surface area contributed by atoms with Crippen molar-refractivity contribution in [2.75, 3.05) is 26.7 Å². The van der Waals surface area contributed by atoms with Gasteiger partial charge in [0.2, 0.25) is 11.8 Å². The third-order valence-corrected chi connectivity index (χ3v) is 3.19. The highest BCUT2D eigenvalue weighted by atomic mass is 16.4. The number of rotatable bonds is 6. The molecular formula is C12H21N3O4. The zero-order chi connectivity index (χ0) is 14.4. The lowest BCUT2D eigenvalue weighted by Crippen LogP contribution is -2.46. The van der Waals surface area contributed by atoms with E-state index in [0.29, 0.717) is 0 Å². The Balaban J connectivity index is 2.38. The SMILES string of the molecule is CN(CC(=O)N1CCCC1)C(=O)C(N)CCC(=O)O. The van der Waals surface area contributed by atoms with Gasteiger partial charge in [0.15, 0.2) is 0 Å². The van der Waals surface area contributed by atoms with Crippen LogP contribution in [0.5, 0.6) is 0 Å². The molecule has 7 heteroatoms. The zero-order valence-corrected chi connectivity index (χ0v) is 11.2. The molecule has 0 saturated carbocycles. The van der Waals surface area contributed by atoms with Crippen LogP contribution in [0.2, 0.25) is 0 Å². The van der Waals surface area contributed by atoms with E-state index in [1.54, 1.807) is 4.90 Å². The average molecular weight is 271 g/mol. The molecule has 0 aromatic heterocycles. The minimum absolute atomic E-state index is 0.000392. The van der Waals surface area contributed by atoms with Crippen LogP contribution in [0.1, 0.15) is 25.7 Å². The molecule has 1 rings (SSSR count). The third kappa shape index (κ3) is 4.86. The molecule has 0 radical (unpaired) electrons. The molecule has 1 aliphatic rings. The maximum atomic E-state index is 11.8. The Morgan fingerprint density at radius 1 is 1.32 bits per heavy atom. The Morgan fingerprint density at radius 2 is 1.89 bits per heavy atom. The number of carboxylic acid groups (broad SMARTS) is 1. The van der Waals surface area contributed by atoms with E-state index in [-0.39, 0.29) is 25.3 Å². The number of hydrogen-bond acceptors (Lipinski definition) is 4. The predicted octanol–water partition coefficient (Wildman–Crippen LogP) is -0.741. The molecule has 0 aromatic rings. The number of nitrogens with zero attached hydrogens (tertiary/aromatic N) is 2. The normalized spacial score (nSPS) is 16.2. The van der Waals surface area contributed by atoms with E-state index in [1.165, 1.54) is 11.9 Å². The average Bonchev–Trinajstić information content (AvgIpc) is 2.88. The van der Waals surface area contributed by atoms with Crippen LogP contribution in [0, 0.1) is 0 Å². The number of amides is 2. The van der Waals surface area contributed by atoms with Crippen molar-refractivity contribution in [3.8, 4) is 0 Å². The largest absolute Gasteiger partial charge is 0.481 e. The van der Waals surface area contributed by atoms with Crippen LogP contribution in [0.4, 0.5) is 0 Å². The summed E-state index contributed by atoms with van der Waals surface area (Å²) in [5.41, 5.74) is 5.62. The van der Waals surface area contributed by atoms with E-state index in [2.05, 4.69) is 0 Å². The fourth-order valence-electron chi connectivity index (χ4n) is 2.03. The van der Waals surface area contributed by atoms with Crippen molar-refractivity contribution in [1.82, 2.24) is 9.80 Å². The van der Waals surface area contributed by atoms with Crippen molar-refractivity contribution in [3.05, 3.63) is 0 Å². The molecule has 0 spiro atoms. The van der Waals surface area contributed by atoms with Gasteiger partial charge in [-0.2, -0.15) is 0 Å². The molecule has 0 aromatic carbocycles. The first-order chi connectivity index (χ1) is 8.91. The third-order valence-electron chi connectivity index (χ3n) is 3.19. The van der Waals surface area contributed by atoms with Gasteiger partial charge in [0.1, 0.15) is 0 Å². The molecular weight excluding hydrogens is 250 g/mol. The summed E-state index contributed by atoms with van der Waals surface area (Å²) in [6, 6.07) is -0.868. The second kappa shape index (κ2) is 7.08. The molecule has 1 saturated heterocycles. The van der Waals surface area contributed by atoms with E-state index >= 15 is 0 Å². The van der Waals surface area contributed by atoms with E-state index in [1.807, 2.05) is 0 Å². The summed E-state index contributed by atoms with van der Waals surface area (Å²) < 4.78 is 0. The molecule has 1 aliphatic heterocycles. The lowest BCUT2D eigenvalue weighted by molar-refractivity contribution is -0.140. The maximum absolute atomic E-state index is 11.8. The molecule has 7 nitrogen and oxygen atoms in total. The number of carbonyl (C=O) groups excluding carboxylic acids is 2. The van der Waals surface area contributed by atoms with Gasteiger partial charge in [-0.05, 0) is 19.3 Å². The molecule has 3 N–H and O–H groups in total. The highest BCUT2D eigenvalue weighted by Crippen LogP contribution is 2.08. The first-order valence-corrected chi connectivity index (χ1v) is 6.42. The van der Waals surface area contributed by atoms with Crippen molar-refractivity contribution in [2.45, 2.75) is 31.7 Å². The summed E-state index contributed by atoms with van der Waals surface area (Å²) in [5, 5.41) is 8.53. The van der Waals surface area contributed by atoms with Crippen molar-refractivity contribution in [1.29, 1.82) is 0 Å². The van der Waals surface area contributed by atoms with E-state index < -0.39 is 17.9 Å². The summed E-state index contributed by atoms with van der Waals surface area (Å²) in [5.74, 6) is -1.47. The maximum Gasteiger partial charge on any atom is 0.303 e. The summed E-state index contributed by atoms with van der Waals surface area (Å²) in [7, 11) is 1.51. The lowest BCUT2D eigenvalue weighted by atomic mass is 10.1. The molecule has 0 bridgehead atoms. The number of aliphatic carboxylic acids is 1. The second-order valence-electron chi connectivity index (χ2n) is 4.82. The minimum atomic E-state index is -0.987. The summed E-state index contributed by atoms with van der Waals surface area (Å²) >= 11 is 0. The van der Waals surface area contributed by atoms with Gasteiger partial charge < -0.3 is 20.6 Å². The van der Waals surface area contributed by atoms with Crippen LogP contribution in [-0.4, -0.2) is 65.4 Å². The van der Waals surface area contributed by atoms with Gasteiger partial charge in [0.05, 0.1) is 12.6 Å². The number of hydrogen-bond donors (Lipinski definition) is 2. The van der Waals surface area contributed by atoms with Crippen LogP contribution in [0.15, 0.2) is 0 Å². The first-order valence-electron chi connectivity index (χ1n) is 6.42. The number of carbonyl (C=O) groups is 3. The standard InChI is InChI=1S/C12H21N3O4/c1-14(8-10(16)15-6-2-3-7-15)12(19)9(13)4-5-11(17)18/h9H,2-8,13H2,1H3,(H,17,18). The molecule has 0 aliphatic carbocycles.